The van der Waals surface area contributed by atoms with Gasteiger partial charge in [0, 0.05) is 5.56 Å². The molecular formula is C37H29ClN4. The number of para-hydroxylation sites is 2. The van der Waals surface area contributed by atoms with E-state index >= 15 is 0 Å². The van der Waals surface area contributed by atoms with E-state index in [4.69, 9.17) is 0 Å². The summed E-state index contributed by atoms with van der Waals surface area (Å²) in [5.74, 6) is 0. The molecule has 1 aliphatic heterocycles. The lowest BCUT2D eigenvalue weighted by Crippen LogP contribution is -3.00. The zero-order chi connectivity index (χ0) is 27.4. The minimum absolute atomic E-state index is 0. The van der Waals surface area contributed by atoms with E-state index in [0.29, 0.717) is 0 Å². The Morgan fingerprint density at radius 3 is 1.40 bits per heavy atom. The molecule has 1 aliphatic rings. The zero-order valence-electron chi connectivity index (χ0n) is 22.9. The van der Waals surface area contributed by atoms with Crippen molar-refractivity contribution in [1.82, 2.24) is 0 Å². The van der Waals surface area contributed by atoms with Gasteiger partial charge >= 0.3 is 0 Å². The monoisotopic (exact) mass is 564 g/mol. The first-order valence-electron chi connectivity index (χ1n) is 13.8. The Labute approximate surface area is 252 Å². The third-order valence-corrected chi connectivity index (χ3v) is 7.32. The molecule has 0 radical (unpaired) electrons. The summed E-state index contributed by atoms with van der Waals surface area (Å²) in [5, 5.41) is 10.0. The van der Waals surface area contributed by atoms with E-state index in [1.54, 1.807) is 0 Å². The van der Waals surface area contributed by atoms with Crippen LogP contribution in [0.25, 0.3) is 33.4 Å². The average Bonchev–Trinajstić information content (AvgIpc) is 3.51. The Hall–Kier alpha value is -5.32. The summed E-state index contributed by atoms with van der Waals surface area (Å²) in [4.78, 5) is 0. The molecule has 0 aliphatic carbocycles. The van der Waals surface area contributed by atoms with Gasteiger partial charge in [0.15, 0.2) is 5.69 Å². The van der Waals surface area contributed by atoms with E-state index in [9.17, 15) is 0 Å². The number of hydrazine groups is 3. The smallest absolute Gasteiger partial charge is 0.288 e. The minimum Gasteiger partial charge on any atom is -1.00 e. The number of anilines is 3. The summed E-state index contributed by atoms with van der Waals surface area (Å²) in [5.41, 5.74) is 10.1. The Balaban J connectivity index is 0.00000316. The Kier molecular flexibility index (Phi) is 7.71. The van der Waals surface area contributed by atoms with Crippen molar-refractivity contribution in [1.29, 1.82) is 0 Å². The molecule has 0 bridgehead atoms. The van der Waals surface area contributed by atoms with Crippen molar-refractivity contribution in [2.75, 3.05) is 15.2 Å². The van der Waals surface area contributed by atoms with Gasteiger partial charge in [-0.2, -0.15) is 5.10 Å². The molecule has 0 unspecified atom stereocenters. The molecule has 7 rings (SSSR count). The van der Waals surface area contributed by atoms with Gasteiger partial charge in [-0.05, 0) is 58.1 Å². The number of hydrogen-bond donors (Lipinski definition) is 1. The summed E-state index contributed by atoms with van der Waals surface area (Å²) in [6.07, 6.45) is 2.00. The topological polar surface area (TPSA) is 23.7 Å². The van der Waals surface area contributed by atoms with Crippen LogP contribution in [-0.2, 0) is 0 Å². The molecule has 0 saturated heterocycles. The van der Waals surface area contributed by atoms with Gasteiger partial charge in [0.05, 0.1) is 0 Å². The lowest BCUT2D eigenvalue weighted by molar-refractivity contribution is -0.460. The maximum atomic E-state index is 3.58. The molecule has 0 amide bonds. The van der Waals surface area contributed by atoms with E-state index in [0.717, 1.165) is 28.2 Å². The van der Waals surface area contributed by atoms with Crippen LogP contribution in [0.5, 0.6) is 0 Å². The fourth-order valence-corrected chi connectivity index (χ4v) is 5.48. The van der Waals surface area contributed by atoms with E-state index < -0.39 is 0 Å². The van der Waals surface area contributed by atoms with Crippen LogP contribution in [0.2, 0.25) is 0 Å². The van der Waals surface area contributed by atoms with Gasteiger partial charge in [-0.1, -0.05) is 144 Å². The second-order valence-electron chi connectivity index (χ2n) is 9.86. The summed E-state index contributed by atoms with van der Waals surface area (Å²) < 4.78 is 0. The van der Waals surface area contributed by atoms with E-state index in [-0.39, 0.29) is 12.4 Å². The van der Waals surface area contributed by atoms with E-state index in [1.807, 2.05) is 18.5 Å². The number of hydrazone groups is 1. The van der Waals surface area contributed by atoms with E-state index in [1.165, 1.54) is 22.3 Å². The van der Waals surface area contributed by atoms with Crippen LogP contribution in [0, 0.1) is 0 Å². The van der Waals surface area contributed by atoms with Crippen LogP contribution in [0.4, 0.5) is 17.1 Å². The van der Waals surface area contributed by atoms with Crippen molar-refractivity contribution in [3.8, 4) is 33.4 Å². The number of hydrogen-bond acceptors (Lipinski definition) is 3. The molecule has 0 atom stereocenters. The second kappa shape index (κ2) is 12.0. The van der Waals surface area contributed by atoms with Gasteiger partial charge in [0.2, 0.25) is 0 Å². The first-order valence-corrected chi connectivity index (χ1v) is 13.8. The molecule has 0 saturated carbocycles. The lowest BCUT2D eigenvalue weighted by Gasteiger charge is -2.30. The van der Waals surface area contributed by atoms with E-state index in [2.05, 4.69) is 172 Å². The maximum absolute atomic E-state index is 3.58. The predicted molar refractivity (Wildman–Crippen MR) is 170 cm³/mol. The molecule has 42 heavy (non-hydrogen) atoms. The summed E-state index contributed by atoms with van der Waals surface area (Å²) in [7, 11) is 0. The molecule has 6 aromatic carbocycles. The standard InChI is InChI=1S/C37H28N4.ClH/c1-6-16-29(17-7-1)34-26-27-35(37(31-20-10-3-11-21-31)36(34)30-18-8-2-9-19-30)40-38-28-39(32-22-12-4-13-23-32)41(40)33-24-14-5-15-25-33;/h1-28H;1H. The largest absolute Gasteiger partial charge is 1.00 e. The Morgan fingerprint density at radius 1 is 0.405 bits per heavy atom. The summed E-state index contributed by atoms with van der Waals surface area (Å²) >= 11 is 0. The molecule has 4 nitrogen and oxygen atoms in total. The third kappa shape index (κ3) is 5.00. The highest BCUT2D eigenvalue weighted by molar-refractivity contribution is 6.01. The zero-order valence-corrected chi connectivity index (χ0v) is 23.6. The molecule has 0 aromatic heterocycles. The number of halogens is 1. The highest BCUT2D eigenvalue weighted by Gasteiger charge is 2.37. The molecule has 1 heterocycles. The van der Waals surface area contributed by atoms with Gasteiger partial charge in [0.25, 0.3) is 6.34 Å². The summed E-state index contributed by atoms with van der Waals surface area (Å²) in [6.45, 7) is 0. The van der Waals surface area contributed by atoms with Gasteiger partial charge in [0.1, 0.15) is 11.4 Å². The highest BCUT2D eigenvalue weighted by Crippen LogP contribution is 2.45. The molecule has 204 valence electrons. The van der Waals surface area contributed by atoms with Crippen molar-refractivity contribution in [2.24, 2.45) is 0 Å². The number of rotatable bonds is 6. The van der Waals surface area contributed by atoms with Crippen LogP contribution >= 0.6 is 0 Å². The third-order valence-electron chi connectivity index (χ3n) is 7.32. The lowest BCUT2D eigenvalue weighted by atomic mass is 9.86. The average molecular weight is 565 g/mol. The van der Waals surface area contributed by atoms with Crippen LogP contribution in [0.1, 0.15) is 0 Å². The molecule has 0 fully saturated rings. The molecule has 1 N–H and O–H groups in total. The minimum atomic E-state index is 0. The molecule has 5 heteroatoms. The normalized spacial score (nSPS) is 12.3. The van der Waals surface area contributed by atoms with Crippen molar-refractivity contribution < 1.29 is 17.5 Å². The fraction of sp³-hybridized carbons (Fsp3) is 0. The van der Waals surface area contributed by atoms with Gasteiger partial charge in [-0.15, -0.1) is 5.01 Å². The van der Waals surface area contributed by atoms with Crippen LogP contribution in [0.3, 0.4) is 0 Å². The number of nitrogens with one attached hydrogen (secondary N) is 1. The van der Waals surface area contributed by atoms with Gasteiger partial charge < -0.3 is 12.4 Å². The Morgan fingerprint density at radius 2 is 0.857 bits per heavy atom. The highest BCUT2D eigenvalue weighted by atomic mass is 35.5. The molecular weight excluding hydrogens is 536 g/mol. The summed E-state index contributed by atoms with van der Waals surface area (Å²) in [6, 6.07) is 57.3. The fourth-order valence-electron chi connectivity index (χ4n) is 5.48. The van der Waals surface area contributed by atoms with Crippen molar-refractivity contribution >= 4 is 23.4 Å². The van der Waals surface area contributed by atoms with Gasteiger partial charge in [-0.25, -0.2) is 0 Å². The van der Waals surface area contributed by atoms with Crippen molar-refractivity contribution in [3.63, 3.8) is 0 Å². The van der Waals surface area contributed by atoms with Crippen molar-refractivity contribution in [2.45, 2.75) is 0 Å². The number of nitrogens with zero attached hydrogens (tertiary/aromatic N) is 3. The van der Waals surface area contributed by atoms with Crippen LogP contribution in [0.15, 0.2) is 164 Å². The van der Waals surface area contributed by atoms with Gasteiger partial charge in [-0.3, -0.25) is 0 Å². The van der Waals surface area contributed by atoms with Crippen LogP contribution < -0.4 is 32.8 Å². The molecule has 6 aromatic rings. The first kappa shape index (κ1) is 26.9. The van der Waals surface area contributed by atoms with Crippen LogP contribution in [-0.4, -0.2) is 6.34 Å². The maximum Gasteiger partial charge on any atom is 0.288 e. The predicted octanol–water partition coefficient (Wildman–Crippen LogP) is 4.38. The number of benzene rings is 6. The molecule has 0 spiro atoms. The quantitative estimate of drug-likeness (QED) is 0.325. The SMILES string of the molecule is C1=[NH+]N(c2ccc(-c3ccccc3)c(-c3ccccc3)c2-c2ccccc2)N(c2ccccc2)N1c1ccccc1.[Cl-]. The second-order valence-corrected chi connectivity index (χ2v) is 9.86. The van der Waals surface area contributed by atoms with Crippen molar-refractivity contribution in [3.05, 3.63) is 164 Å². The first-order chi connectivity index (χ1) is 20.4. The Bertz CT molecular complexity index is 1780.